The molecule has 0 unspecified atom stereocenters. The molecular weight excluding hydrogens is 340 g/mol. The maximum Gasteiger partial charge on any atom is 0.272 e. The van der Waals surface area contributed by atoms with E-state index in [9.17, 15) is 4.79 Å². The number of fused-ring (bicyclic) bond motifs is 1. The maximum atomic E-state index is 12.8. The minimum Gasteiger partial charge on any atom is -0.379 e. The predicted octanol–water partition coefficient (Wildman–Crippen LogP) is 1.58. The van der Waals surface area contributed by atoms with Crippen molar-refractivity contribution in [3.63, 3.8) is 0 Å². The lowest BCUT2D eigenvalue weighted by atomic mass is 9.90. The van der Waals surface area contributed by atoms with Crippen LogP contribution in [0.5, 0.6) is 0 Å². The van der Waals surface area contributed by atoms with Gasteiger partial charge in [0.15, 0.2) is 5.69 Å². The SMILES string of the molecule is Cn1nc(C(=O)NCCc2ccccc2)c2c1CC[C@@H](N1CCOCC1)C2. The highest BCUT2D eigenvalue weighted by atomic mass is 16.5. The summed E-state index contributed by atoms with van der Waals surface area (Å²) in [6, 6.07) is 10.7. The Morgan fingerprint density at radius 2 is 2.04 bits per heavy atom. The number of carbonyl (C=O) groups is 1. The second kappa shape index (κ2) is 8.23. The maximum absolute atomic E-state index is 12.8. The largest absolute Gasteiger partial charge is 0.379 e. The van der Waals surface area contributed by atoms with Gasteiger partial charge in [0, 0.05) is 44.0 Å². The van der Waals surface area contributed by atoms with E-state index in [1.54, 1.807) is 0 Å². The monoisotopic (exact) mass is 368 g/mol. The quantitative estimate of drug-likeness (QED) is 0.871. The van der Waals surface area contributed by atoms with Crippen molar-refractivity contribution in [3.8, 4) is 0 Å². The van der Waals surface area contributed by atoms with Crippen LogP contribution in [0.25, 0.3) is 0 Å². The fraction of sp³-hybridized carbons (Fsp3) is 0.524. The molecule has 27 heavy (non-hydrogen) atoms. The highest BCUT2D eigenvalue weighted by Crippen LogP contribution is 2.27. The second-order valence-electron chi connectivity index (χ2n) is 7.43. The minimum atomic E-state index is -0.0505. The number of morpholine rings is 1. The van der Waals surface area contributed by atoms with E-state index in [4.69, 9.17) is 4.74 Å². The topological polar surface area (TPSA) is 59.4 Å². The summed E-state index contributed by atoms with van der Waals surface area (Å²) < 4.78 is 7.38. The molecule has 2 aliphatic rings. The number of carbonyl (C=O) groups excluding carboxylic acids is 1. The number of ether oxygens (including phenoxy) is 1. The van der Waals surface area contributed by atoms with Crippen molar-refractivity contribution < 1.29 is 9.53 Å². The summed E-state index contributed by atoms with van der Waals surface area (Å²) in [7, 11) is 1.95. The standard InChI is InChI=1S/C21H28N4O2/c1-24-19-8-7-17(25-11-13-27-14-12-25)15-18(19)20(23-24)21(26)22-10-9-16-5-3-2-4-6-16/h2-6,17H,7-15H2,1H3,(H,22,26)/t17-/m1/s1. The molecule has 4 rings (SSSR count). The van der Waals surface area contributed by atoms with Gasteiger partial charge in [-0.15, -0.1) is 0 Å². The summed E-state index contributed by atoms with van der Waals surface area (Å²) in [6.07, 6.45) is 3.85. The first-order valence-electron chi connectivity index (χ1n) is 9.91. The number of rotatable bonds is 5. The number of aromatic nitrogens is 2. The number of hydrogen-bond acceptors (Lipinski definition) is 4. The zero-order chi connectivity index (χ0) is 18.6. The van der Waals surface area contributed by atoms with Gasteiger partial charge in [0.1, 0.15) is 0 Å². The molecule has 1 fully saturated rings. The molecule has 0 bridgehead atoms. The fourth-order valence-corrected chi connectivity index (χ4v) is 4.26. The molecule has 0 radical (unpaired) electrons. The molecule has 1 saturated heterocycles. The third-order valence-electron chi connectivity index (χ3n) is 5.75. The smallest absolute Gasteiger partial charge is 0.272 e. The second-order valence-corrected chi connectivity index (χ2v) is 7.43. The van der Waals surface area contributed by atoms with E-state index in [0.717, 1.165) is 57.6 Å². The summed E-state index contributed by atoms with van der Waals surface area (Å²) in [6.45, 7) is 4.21. The van der Waals surface area contributed by atoms with Crippen LogP contribution in [-0.4, -0.2) is 59.5 Å². The molecule has 6 heteroatoms. The lowest BCUT2D eigenvalue weighted by molar-refractivity contribution is 0.0135. The van der Waals surface area contributed by atoms with E-state index in [-0.39, 0.29) is 5.91 Å². The first-order chi connectivity index (χ1) is 13.2. The van der Waals surface area contributed by atoms with Gasteiger partial charge in [-0.05, 0) is 31.2 Å². The lowest BCUT2D eigenvalue weighted by Crippen LogP contribution is -2.46. The Bertz CT molecular complexity index is 781. The molecule has 1 aromatic carbocycles. The zero-order valence-electron chi connectivity index (χ0n) is 16.0. The molecule has 0 saturated carbocycles. The van der Waals surface area contributed by atoms with E-state index in [1.807, 2.05) is 29.9 Å². The van der Waals surface area contributed by atoms with Crippen LogP contribution in [-0.2, 0) is 31.0 Å². The van der Waals surface area contributed by atoms with Crippen LogP contribution in [0, 0.1) is 0 Å². The zero-order valence-corrected chi connectivity index (χ0v) is 16.0. The van der Waals surface area contributed by atoms with Gasteiger partial charge in [-0.2, -0.15) is 5.10 Å². The van der Waals surface area contributed by atoms with Crippen molar-refractivity contribution in [2.75, 3.05) is 32.8 Å². The van der Waals surface area contributed by atoms with Crippen LogP contribution in [0.2, 0.25) is 0 Å². The van der Waals surface area contributed by atoms with Gasteiger partial charge in [-0.3, -0.25) is 14.4 Å². The Kier molecular flexibility index (Phi) is 5.55. The summed E-state index contributed by atoms with van der Waals surface area (Å²) >= 11 is 0. The molecule has 1 aromatic heterocycles. The highest BCUT2D eigenvalue weighted by molar-refractivity contribution is 5.94. The predicted molar refractivity (Wildman–Crippen MR) is 104 cm³/mol. The molecule has 2 aromatic rings. The van der Waals surface area contributed by atoms with E-state index in [1.165, 1.54) is 11.3 Å². The molecule has 2 heterocycles. The van der Waals surface area contributed by atoms with Gasteiger partial charge in [0.05, 0.1) is 13.2 Å². The Morgan fingerprint density at radius 1 is 1.26 bits per heavy atom. The van der Waals surface area contributed by atoms with E-state index in [2.05, 4.69) is 27.4 Å². The third kappa shape index (κ3) is 4.06. The van der Waals surface area contributed by atoms with Crippen molar-refractivity contribution in [2.24, 2.45) is 7.05 Å². The Morgan fingerprint density at radius 3 is 2.81 bits per heavy atom. The van der Waals surface area contributed by atoms with Crippen LogP contribution in [0.3, 0.4) is 0 Å². The number of nitrogens with zero attached hydrogens (tertiary/aromatic N) is 3. The van der Waals surface area contributed by atoms with Gasteiger partial charge in [0.2, 0.25) is 0 Å². The Balaban J connectivity index is 1.42. The van der Waals surface area contributed by atoms with Gasteiger partial charge in [-0.25, -0.2) is 0 Å². The first-order valence-corrected chi connectivity index (χ1v) is 9.91. The normalized spacial score (nSPS) is 20.3. The molecule has 1 atom stereocenters. The Labute approximate surface area is 160 Å². The van der Waals surface area contributed by atoms with Crippen LogP contribution in [0.1, 0.15) is 33.7 Å². The Hall–Kier alpha value is -2.18. The average molecular weight is 368 g/mol. The number of hydrogen-bond donors (Lipinski definition) is 1. The molecule has 144 valence electrons. The van der Waals surface area contributed by atoms with Crippen molar-refractivity contribution in [3.05, 3.63) is 52.8 Å². The van der Waals surface area contributed by atoms with Gasteiger partial charge in [-0.1, -0.05) is 30.3 Å². The van der Waals surface area contributed by atoms with Crippen molar-refractivity contribution >= 4 is 5.91 Å². The molecular formula is C21H28N4O2. The van der Waals surface area contributed by atoms with Crippen molar-refractivity contribution in [1.82, 2.24) is 20.0 Å². The summed E-state index contributed by atoms with van der Waals surface area (Å²) in [4.78, 5) is 15.3. The molecule has 1 aliphatic heterocycles. The molecule has 1 aliphatic carbocycles. The number of amides is 1. The number of aryl methyl sites for hydroxylation is 1. The van der Waals surface area contributed by atoms with Gasteiger partial charge < -0.3 is 10.1 Å². The van der Waals surface area contributed by atoms with E-state index >= 15 is 0 Å². The molecule has 6 nitrogen and oxygen atoms in total. The summed E-state index contributed by atoms with van der Waals surface area (Å²) in [5, 5.41) is 7.62. The molecule has 1 amide bonds. The van der Waals surface area contributed by atoms with E-state index < -0.39 is 0 Å². The van der Waals surface area contributed by atoms with Crippen molar-refractivity contribution in [1.29, 1.82) is 0 Å². The fourth-order valence-electron chi connectivity index (χ4n) is 4.26. The van der Waals surface area contributed by atoms with Crippen LogP contribution in [0.15, 0.2) is 30.3 Å². The molecule has 0 spiro atoms. The van der Waals surface area contributed by atoms with Gasteiger partial charge in [0.25, 0.3) is 5.91 Å². The third-order valence-corrected chi connectivity index (χ3v) is 5.75. The lowest BCUT2D eigenvalue weighted by Gasteiger charge is -2.36. The minimum absolute atomic E-state index is 0.0505. The number of benzene rings is 1. The summed E-state index contributed by atoms with van der Waals surface area (Å²) in [5.74, 6) is -0.0505. The highest BCUT2D eigenvalue weighted by Gasteiger charge is 2.31. The van der Waals surface area contributed by atoms with E-state index in [0.29, 0.717) is 18.3 Å². The average Bonchev–Trinajstić information content (AvgIpc) is 3.05. The molecule has 1 N–H and O–H groups in total. The first kappa shape index (κ1) is 18.2. The number of nitrogens with one attached hydrogen (secondary N) is 1. The van der Waals surface area contributed by atoms with Crippen molar-refractivity contribution in [2.45, 2.75) is 31.7 Å². The van der Waals surface area contributed by atoms with Crippen LogP contribution < -0.4 is 5.32 Å². The van der Waals surface area contributed by atoms with Crippen LogP contribution in [0.4, 0.5) is 0 Å². The van der Waals surface area contributed by atoms with Gasteiger partial charge >= 0.3 is 0 Å². The summed E-state index contributed by atoms with van der Waals surface area (Å²) in [5.41, 5.74) is 4.19. The van der Waals surface area contributed by atoms with Crippen LogP contribution >= 0.6 is 0 Å².